The molecule has 2 heterocycles. The molecule has 1 aromatic rings. The number of rotatable bonds is 6. The molecular weight excluding hydrogens is 268 g/mol. The van der Waals surface area contributed by atoms with Gasteiger partial charge in [0.2, 0.25) is 5.91 Å². The van der Waals surface area contributed by atoms with Crippen LogP contribution in [0.25, 0.3) is 0 Å². The summed E-state index contributed by atoms with van der Waals surface area (Å²) in [6.07, 6.45) is 6.16. The Hall–Kier alpha value is -1.66. The van der Waals surface area contributed by atoms with Gasteiger partial charge in [-0.1, -0.05) is 6.42 Å². The Bertz CT molecular complexity index is 458. The SMILES string of the molecule is CNCCC1CCCCN1CC(=O)NC(=O)c1ccc[nH]1. The van der Waals surface area contributed by atoms with Crippen LogP contribution < -0.4 is 10.6 Å². The summed E-state index contributed by atoms with van der Waals surface area (Å²) in [4.78, 5) is 28.8. The van der Waals surface area contributed by atoms with E-state index in [1.54, 1.807) is 18.3 Å². The van der Waals surface area contributed by atoms with Crippen LogP contribution in [-0.2, 0) is 4.79 Å². The standard InChI is InChI=1S/C15H24N4O2/c1-16-9-7-12-5-2-3-10-19(12)11-14(20)18-15(21)13-6-4-8-17-13/h4,6,8,12,16-17H,2-3,5,7,9-11H2,1H3,(H,18,20,21). The van der Waals surface area contributed by atoms with Crippen molar-refractivity contribution in [3.8, 4) is 0 Å². The van der Waals surface area contributed by atoms with E-state index in [4.69, 9.17) is 0 Å². The van der Waals surface area contributed by atoms with Crippen LogP contribution in [0.5, 0.6) is 0 Å². The molecule has 2 rings (SSSR count). The summed E-state index contributed by atoms with van der Waals surface area (Å²) in [5, 5.41) is 5.59. The highest BCUT2D eigenvalue weighted by Crippen LogP contribution is 2.18. The average molecular weight is 292 g/mol. The van der Waals surface area contributed by atoms with Gasteiger partial charge in [0, 0.05) is 12.2 Å². The highest BCUT2D eigenvalue weighted by atomic mass is 16.2. The molecule has 0 aromatic carbocycles. The molecule has 0 bridgehead atoms. The minimum Gasteiger partial charge on any atom is -0.357 e. The second kappa shape index (κ2) is 7.95. The van der Waals surface area contributed by atoms with Gasteiger partial charge < -0.3 is 10.3 Å². The lowest BCUT2D eigenvalue weighted by Crippen LogP contribution is -2.47. The van der Waals surface area contributed by atoms with Crippen LogP contribution in [0.15, 0.2) is 18.3 Å². The number of carbonyl (C=O) groups is 2. The van der Waals surface area contributed by atoms with Crippen LogP contribution in [0.1, 0.15) is 36.2 Å². The predicted octanol–water partition coefficient (Wildman–Crippen LogP) is 0.735. The maximum Gasteiger partial charge on any atom is 0.274 e. The lowest BCUT2D eigenvalue weighted by Gasteiger charge is -2.35. The van der Waals surface area contributed by atoms with E-state index in [2.05, 4.69) is 20.5 Å². The Balaban J connectivity index is 1.83. The molecule has 21 heavy (non-hydrogen) atoms. The Morgan fingerprint density at radius 1 is 1.43 bits per heavy atom. The van der Waals surface area contributed by atoms with Crippen LogP contribution in [-0.4, -0.2) is 54.4 Å². The number of aromatic amines is 1. The second-order valence-corrected chi connectivity index (χ2v) is 5.47. The van der Waals surface area contributed by atoms with E-state index in [0.29, 0.717) is 18.3 Å². The van der Waals surface area contributed by atoms with Crippen molar-refractivity contribution >= 4 is 11.8 Å². The van der Waals surface area contributed by atoms with Crippen molar-refractivity contribution in [1.29, 1.82) is 0 Å². The first kappa shape index (κ1) is 15.7. The van der Waals surface area contributed by atoms with E-state index in [1.165, 1.54) is 6.42 Å². The molecule has 0 aliphatic carbocycles. The number of imide groups is 1. The van der Waals surface area contributed by atoms with Gasteiger partial charge in [-0.05, 0) is 51.5 Å². The number of nitrogens with zero attached hydrogens (tertiary/aromatic N) is 1. The van der Waals surface area contributed by atoms with E-state index in [1.807, 2.05) is 7.05 Å². The largest absolute Gasteiger partial charge is 0.357 e. The summed E-state index contributed by atoms with van der Waals surface area (Å²) in [5.74, 6) is -0.597. The quantitative estimate of drug-likeness (QED) is 0.722. The van der Waals surface area contributed by atoms with Gasteiger partial charge in [-0.15, -0.1) is 0 Å². The molecule has 6 nitrogen and oxygen atoms in total. The van der Waals surface area contributed by atoms with Crippen molar-refractivity contribution in [2.24, 2.45) is 0 Å². The van der Waals surface area contributed by atoms with Crippen molar-refractivity contribution in [3.05, 3.63) is 24.0 Å². The molecular formula is C15H24N4O2. The number of aromatic nitrogens is 1. The number of hydrogen-bond donors (Lipinski definition) is 3. The number of piperidine rings is 1. The number of carbonyl (C=O) groups excluding carboxylic acids is 2. The summed E-state index contributed by atoms with van der Waals surface area (Å²) >= 11 is 0. The highest BCUT2D eigenvalue weighted by Gasteiger charge is 2.24. The van der Waals surface area contributed by atoms with Crippen LogP contribution in [0, 0.1) is 0 Å². The van der Waals surface area contributed by atoms with Gasteiger partial charge in [0.25, 0.3) is 5.91 Å². The molecule has 0 saturated carbocycles. The molecule has 2 amide bonds. The molecule has 6 heteroatoms. The molecule has 1 fully saturated rings. The molecule has 3 N–H and O–H groups in total. The van der Waals surface area contributed by atoms with E-state index in [0.717, 1.165) is 32.4 Å². The molecule has 116 valence electrons. The van der Waals surface area contributed by atoms with Crippen LogP contribution in [0.2, 0.25) is 0 Å². The molecule has 1 aromatic heterocycles. The van der Waals surface area contributed by atoms with Gasteiger partial charge in [-0.2, -0.15) is 0 Å². The fraction of sp³-hybridized carbons (Fsp3) is 0.600. The molecule has 1 saturated heterocycles. The van der Waals surface area contributed by atoms with Crippen molar-refractivity contribution in [1.82, 2.24) is 20.5 Å². The first-order chi connectivity index (χ1) is 10.2. The molecule has 1 aliphatic rings. The van der Waals surface area contributed by atoms with Gasteiger partial charge >= 0.3 is 0 Å². The van der Waals surface area contributed by atoms with Crippen LogP contribution in [0.4, 0.5) is 0 Å². The normalized spacial score (nSPS) is 19.4. The summed E-state index contributed by atoms with van der Waals surface area (Å²) in [7, 11) is 1.94. The van der Waals surface area contributed by atoms with E-state index in [9.17, 15) is 9.59 Å². The average Bonchev–Trinajstić information content (AvgIpc) is 3.00. The first-order valence-corrected chi connectivity index (χ1v) is 7.57. The molecule has 1 unspecified atom stereocenters. The zero-order chi connectivity index (χ0) is 15.1. The van der Waals surface area contributed by atoms with Crippen molar-refractivity contribution < 1.29 is 9.59 Å². The molecule has 0 radical (unpaired) electrons. The number of likely N-dealkylation sites (tertiary alicyclic amines) is 1. The van der Waals surface area contributed by atoms with Crippen LogP contribution in [0.3, 0.4) is 0 Å². The number of H-pyrrole nitrogens is 1. The van der Waals surface area contributed by atoms with Crippen molar-refractivity contribution in [2.45, 2.75) is 31.7 Å². The summed E-state index contributed by atoms with van der Waals surface area (Å²) in [6, 6.07) is 3.81. The van der Waals surface area contributed by atoms with E-state index < -0.39 is 0 Å². The third-order valence-electron chi connectivity index (χ3n) is 3.92. The van der Waals surface area contributed by atoms with Crippen LogP contribution >= 0.6 is 0 Å². The Kier molecular flexibility index (Phi) is 5.95. The van der Waals surface area contributed by atoms with Gasteiger partial charge in [0.1, 0.15) is 5.69 Å². The third kappa shape index (κ3) is 4.68. The predicted molar refractivity (Wildman–Crippen MR) is 81.0 cm³/mol. The van der Waals surface area contributed by atoms with Gasteiger partial charge in [-0.25, -0.2) is 0 Å². The third-order valence-corrected chi connectivity index (χ3v) is 3.92. The Labute approximate surface area is 125 Å². The monoisotopic (exact) mass is 292 g/mol. The lowest BCUT2D eigenvalue weighted by atomic mass is 9.99. The minimum absolute atomic E-state index is 0.231. The van der Waals surface area contributed by atoms with Gasteiger partial charge in [-0.3, -0.25) is 19.8 Å². The zero-order valence-electron chi connectivity index (χ0n) is 12.5. The maximum absolute atomic E-state index is 12.0. The second-order valence-electron chi connectivity index (χ2n) is 5.47. The lowest BCUT2D eigenvalue weighted by molar-refractivity contribution is -0.122. The molecule has 1 atom stereocenters. The van der Waals surface area contributed by atoms with E-state index >= 15 is 0 Å². The van der Waals surface area contributed by atoms with Crippen molar-refractivity contribution in [3.63, 3.8) is 0 Å². The minimum atomic E-state index is -0.367. The topological polar surface area (TPSA) is 77.2 Å². The van der Waals surface area contributed by atoms with Gasteiger partial charge in [0.15, 0.2) is 0 Å². The maximum atomic E-state index is 12.0. The number of hydrogen-bond acceptors (Lipinski definition) is 4. The first-order valence-electron chi connectivity index (χ1n) is 7.57. The fourth-order valence-corrected chi connectivity index (χ4v) is 2.80. The zero-order valence-corrected chi connectivity index (χ0v) is 12.5. The smallest absolute Gasteiger partial charge is 0.274 e. The van der Waals surface area contributed by atoms with Gasteiger partial charge in [0.05, 0.1) is 6.54 Å². The number of nitrogens with one attached hydrogen (secondary N) is 3. The molecule has 1 aliphatic heterocycles. The summed E-state index contributed by atoms with van der Waals surface area (Å²) < 4.78 is 0. The van der Waals surface area contributed by atoms with E-state index in [-0.39, 0.29) is 11.8 Å². The fourth-order valence-electron chi connectivity index (χ4n) is 2.80. The summed E-state index contributed by atoms with van der Waals surface area (Å²) in [5.41, 5.74) is 0.411. The van der Waals surface area contributed by atoms with Crippen molar-refractivity contribution in [2.75, 3.05) is 26.7 Å². The Morgan fingerprint density at radius 2 is 2.29 bits per heavy atom. The Morgan fingerprint density at radius 3 is 3.00 bits per heavy atom. The highest BCUT2D eigenvalue weighted by molar-refractivity contribution is 6.04. The number of amides is 2. The molecule has 0 spiro atoms. The summed E-state index contributed by atoms with van der Waals surface area (Å²) in [6.45, 7) is 2.17.